The van der Waals surface area contributed by atoms with Crippen molar-refractivity contribution in [2.45, 2.75) is 103 Å². The Balaban J connectivity index is 1.84. The van der Waals surface area contributed by atoms with E-state index in [4.69, 9.17) is 19.3 Å². The second kappa shape index (κ2) is 14.1. The highest BCUT2D eigenvalue weighted by Crippen LogP contribution is 2.29. The molecule has 0 unspecified atom stereocenters. The van der Waals surface area contributed by atoms with E-state index in [9.17, 15) is 14.4 Å². The highest BCUT2D eigenvalue weighted by Gasteiger charge is 2.33. The number of nitrogens with one attached hydrogen (secondary N) is 1. The first-order chi connectivity index (χ1) is 16.9. The van der Waals surface area contributed by atoms with Crippen LogP contribution in [0.4, 0.5) is 0 Å². The Hall–Kier alpha value is -2.71. The van der Waals surface area contributed by atoms with Gasteiger partial charge in [0.15, 0.2) is 0 Å². The minimum absolute atomic E-state index is 0.0155. The number of hydrogen-bond donors (Lipinski definition) is 2. The molecule has 0 radical (unpaired) electrons. The SMILES string of the molecule is C=C1C[C@@H](CC(=O)O)O[C@H](/C=C/C(C)=C/C[C@@H]2O[C@H](C)[C@H](NC(=O)/C=C\[C@H](C)OC(C)=O)C[C@@H]2C)C1. The van der Waals surface area contributed by atoms with E-state index in [-0.39, 0.29) is 54.7 Å². The van der Waals surface area contributed by atoms with Crippen molar-refractivity contribution in [3.05, 3.63) is 48.1 Å². The summed E-state index contributed by atoms with van der Waals surface area (Å²) in [5, 5.41) is 12.0. The molecule has 2 rings (SSSR count). The van der Waals surface area contributed by atoms with Crippen LogP contribution in [0.15, 0.2) is 48.1 Å². The third-order valence-corrected chi connectivity index (χ3v) is 6.44. The van der Waals surface area contributed by atoms with Crippen molar-refractivity contribution < 1.29 is 33.7 Å². The van der Waals surface area contributed by atoms with Gasteiger partial charge in [0, 0.05) is 13.0 Å². The number of carbonyl (C=O) groups excluding carboxylic acids is 2. The van der Waals surface area contributed by atoms with Gasteiger partial charge in [-0.2, -0.15) is 0 Å². The summed E-state index contributed by atoms with van der Waals surface area (Å²) >= 11 is 0. The molecule has 8 heteroatoms. The summed E-state index contributed by atoms with van der Waals surface area (Å²) in [6.07, 6.45) is 10.8. The van der Waals surface area contributed by atoms with Gasteiger partial charge < -0.3 is 24.6 Å². The number of amides is 1. The first-order valence-corrected chi connectivity index (χ1v) is 12.6. The molecule has 2 N–H and O–H groups in total. The summed E-state index contributed by atoms with van der Waals surface area (Å²) in [4.78, 5) is 34.3. The lowest BCUT2D eigenvalue weighted by molar-refractivity contribution is -0.143. The number of carboxylic acids is 1. The van der Waals surface area contributed by atoms with Gasteiger partial charge in [0.05, 0.1) is 36.9 Å². The van der Waals surface area contributed by atoms with Crippen LogP contribution in [0.25, 0.3) is 0 Å². The Kier molecular flexibility index (Phi) is 11.6. The molecule has 0 bridgehead atoms. The number of rotatable bonds is 10. The number of hydrogen-bond acceptors (Lipinski definition) is 6. The van der Waals surface area contributed by atoms with Crippen molar-refractivity contribution in [3.63, 3.8) is 0 Å². The zero-order valence-electron chi connectivity index (χ0n) is 22.1. The van der Waals surface area contributed by atoms with Crippen LogP contribution < -0.4 is 5.32 Å². The quantitative estimate of drug-likeness (QED) is 0.198. The standard InChI is InChI=1S/C28H41NO7/c1-17(7-10-23-13-18(2)14-24(36-23)16-28(32)33)8-11-26-19(3)15-25(21(5)35-26)29-27(31)12-9-20(4)34-22(6)30/h7-10,12,19-21,23-26H,2,11,13-16H2,1,3-6H3,(H,29,31)(H,32,33)/b10-7+,12-9-,17-8+/t19-,20-,21+,23+,24-,25+,26-/m0/s1. The molecule has 2 aliphatic heterocycles. The first-order valence-electron chi connectivity index (χ1n) is 12.6. The minimum atomic E-state index is -0.864. The number of carboxylic acid groups (broad SMARTS) is 1. The molecule has 7 atom stereocenters. The molecule has 0 aromatic carbocycles. The average molecular weight is 504 g/mol. The lowest BCUT2D eigenvalue weighted by atomic mass is 9.88. The maximum atomic E-state index is 12.3. The monoisotopic (exact) mass is 503 g/mol. The molecular weight excluding hydrogens is 462 g/mol. The molecule has 0 aromatic heterocycles. The van der Waals surface area contributed by atoms with Gasteiger partial charge in [-0.05, 0) is 58.4 Å². The molecular formula is C28H41NO7. The third kappa shape index (κ3) is 10.5. The third-order valence-electron chi connectivity index (χ3n) is 6.44. The van der Waals surface area contributed by atoms with Gasteiger partial charge in [-0.1, -0.05) is 42.9 Å². The Bertz CT molecular complexity index is 888. The number of aliphatic carboxylic acids is 1. The topological polar surface area (TPSA) is 111 Å². The van der Waals surface area contributed by atoms with Gasteiger partial charge in [-0.3, -0.25) is 14.4 Å². The lowest BCUT2D eigenvalue weighted by Crippen LogP contribution is -2.50. The zero-order valence-corrected chi connectivity index (χ0v) is 22.1. The highest BCUT2D eigenvalue weighted by molar-refractivity contribution is 5.87. The van der Waals surface area contributed by atoms with E-state index >= 15 is 0 Å². The number of carbonyl (C=O) groups is 3. The van der Waals surface area contributed by atoms with Gasteiger partial charge in [0.1, 0.15) is 6.10 Å². The van der Waals surface area contributed by atoms with Crippen LogP contribution >= 0.6 is 0 Å². The van der Waals surface area contributed by atoms with Crippen LogP contribution in [0, 0.1) is 5.92 Å². The van der Waals surface area contributed by atoms with Crippen molar-refractivity contribution in [1.82, 2.24) is 5.32 Å². The molecule has 1 amide bonds. The van der Waals surface area contributed by atoms with Crippen LogP contribution in [0.3, 0.4) is 0 Å². The van der Waals surface area contributed by atoms with E-state index < -0.39 is 12.1 Å². The average Bonchev–Trinajstić information content (AvgIpc) is 2.76. The van der Waals surface area contributed by atoms with Gasteiger partial charge in [-0.15, -0.1) is 0 Å². The van der Waals surface area contributed by atoms with E-state index in [2.05, 4.69) is 24.9 Å². The molecule has 36 heavy (non-hydrogen) atoms. The zero-order chi connectivity index (χ0) is 26.8. The second-order valence-electron chi connectivity index (χ2n) is 9.98. The Morgan fingerprint density at radius 2 is 1.92 bits per heavy atom. The van der Waals surface area contributed by atoms with Crippen molar-refractivity contribution >= 4 is 17.8 Å². The number of allylic oxidation sites excluding steroid dienone is 2. The Morgan fingerprint density at radius 1 is 1.19 bits per heavy atom. The van der Waals surface area contributed by atoms with E-state index in [1.165, 1.54) is 13.0 Å². The van der Waals surface area contributed by atoms with Gasteiger partial charge in [0.25, 0.3) is 0 Å². The smallest absolute Gasteiger partial charge is 0.305 e. The van der Waals surface area contributed by atoms with Crippen LogP contribution in [-0.4, -0.2) is 59.5 Å². The highest BCUT2D eigenvalue weighted by atomic mass is 16.5. The molecule has 2 heterocycles. The molecule has 0 saturated carbocycles. The molecule has 0 aromatic rings. The molecule has 0 spiro atoms. The normalized spacial score (nSPS) is 30.4. The number of ether oxygens (including phenoxy) is 3. The van der Waals surface area contributed by atoms with Crippen LogP contribution in [0.2, 0.25) is 0 Å². The maximum Gasteiger partial charge on any atom is 0.305 e. The van der Waals surface area contributed by atoms with E-state index in [1.807, 2.05) is 26.0 Å². The summed E-state index contributed by atoms with van der Waals surface area (Å²) in [5.74, 6) is -1.24. The predicted molar refractivity (Wildman–Crippen MR) is 137 cm³/mol. The fraction of sp³-hybridized carbons (Fsp3) is 0.607. The van der Waals surface area contributed by atoms with Crippen molar-refractivity contribution in [2.75, 3.05) is 0 Å². The maximum absolute atomic E-state index is 12.3. The van der Waals surface area contributed by atoms with Gasteiger partial charge >= 0.3 is 11.9 Å². The molecule has 8 nitrogen and oxygen atoms in total. The van der Waals surface area contributed by atoms with Crippen molar-refractivity contribution in [3.8, 4) is 0 Å². The molecule has 2 saturated heterocycles. The van der Waals surface area contributed by atoms with E-state index in [0.717, 1.165) is 24.0 Å². The first kappa shape index (κ1) is 29.5. The van der Waals surface area contributed by atoms with Crippen LogP contribution in [-0.2, 0) is 28.6 Å². The Labute approximate surface area is 214 Å². The largest absolute Gasteiger partial charge is 0.481 e. The van der Waals surface area contributed by atoms with Crippen LogP contribution in [0.1, 0.15) is 66.7 Å². The van der Waals surface area contributed by atoms with E-state index in [1.54, 1.807) is 13.0 Å². The summed E-state index contributed by atoms with van der Waals surface area (Å²) < 4.78 is 17.1. The fourth-order valence-electron chi connectivity index (χ4n) is 4.56. The number of esters is 1. The molecule has 2 fully saturated rings. The van der Waals surface area contributed by atoms with Gasteiger partial charge in [-0.25, -0.2) is 0 Å². The second-order valence-corrected chi connectivity index (χ2v) is 9.98. The summed E-state index contributed by atoms with van der Waals surface area (Å²) in [7, 11) is 0. The molecule has 0 aliphatic carbocycles. The lowest BCUT2D eigenvalue weighted by Gasteiger charge is -2.39. The Morgan fingerprint density at radius 3 is 2.58 bits per heavy atom. The van der Waals surface area contributed by atoms with Crippen LogP contribution in [0.5, 0.6) is 0 Å². The molecule has 2 aliphatic rings. The summed E-state index contributed by atoms with van der Waals surface area (Å²) in [6, 6.07) is -0.0994. The summed E-state index contributed by atoms with van der Waals surface area (Å²) in [6.45, 7) is 13.2. The predicted octanol–water partition coefficient (Wildman–Crippen LogP) is 4.26. The van der Waals surface area contributed by atoms with Crippen molar-refractivity contribution in [2.24, 2.45) is 5.92 Å². The van der Waals surface area contributed by atoms with E-state index in [0.29, 0.717) is 12.8 Å². The summed E-state index contributed by atoms with van der Waals surface area (Å²) in [5.41, 5.74) is 2.09. The van der Waals surface area contributed by atoms with Crippen molar-refractivity contribution in [1.29, 1.82) is 0 Å². The molecule has 200 valence electrons. The fourth-order valence-corrected chi connectivity index (χ4v) is 4.56. The van der Waals surface area contributed by atoms with Gasteiger partial charge in [0.2, 0.25) is 5.91 Å². The minimum Gasteiger partial charge on any atom is -0.481 e.